The average Bonchev–Trinajstić information content (AvgIpc) is 2.60. The van der Waals surface area contributed by atoms with Gasteiger partial charge in [-0.3, -0.25) is 0 Å². The van der Waals surface area contributed by atoms with Crippen LogP contribution in [-0.2, 0) is 5.88 Å². The molecule has 0 atom stereocenters. The van der Waals surface area contributed by atoms with Crippen LogP contribution in [0, 0.1) is 12.7 Å². The highest BCUT2D eigenvalue weighted by atomic mass is 35.5. The van der Waals surface area contributed by atoms with Crippen LogP contribution in [-0.4, -0.2) is 9.78 Å². The van der Waals surface area contributed by atoms with Crippen LogP contribution in [0.25, 0.3) is 5.69 Å². The molecule has 78 valence electrons. The first-order chi connectivity index (χ1) is 7.24. The number of nitrogens with zero attached hydrogens (tertiary/aromatic N) is 2. The lowest BCUT2D eigenvalue weighted by atomic mass is 10.2. The van der Waals surface area contributed by atoms with E-state index in [9.17, 15) is 4.39 Å². The Morgan fingerprint density at radius 2 is 2.13 bits per heavy atom. The Hall–Kier alpha value is -1.35. The van der Waals surface area contributed by atoms with E-state index in [-0.39, 0.29) is 5.82 Å². The highest BCUT2D eigenvalue weighted by Crippen LogP contribution is 2.17. The van der Waals surface area contributed by atoms with Crippen LogP contribution in [0.2, 0.25) is 0 Å². The lowest BCUT2D eigenvalue weighted by molar-refractivity contribution is 0.608. The first-order valence-electron chi connectivity index (χ1n) is 4.58. The highest BCUT2D eigenvalue weighted by molar-refractivity contribution is 6.17. The van der Waals surface area contributed by atoms with Gasteiger partial charge in [-0.05, 0) is 19.1 Å². The molecule has 0 fully saturated rings. The van der Waals surface area contributed by atoms with Crippen molar-refractivity contribution in [3.63, 3.8) is 0 Å². The Bertz CT molecular complexity index is 479. The maximum Gasteiger partial charge on any atom is 0.148 e. The third-order valence-corrected chi connectivity index (χ3v) is 2.62. The molecule has 0 spiro atoms. The van der Waals surface area contributed by atoms with Gasteiger partial charge in [0, 0.05) is 11.3 Å². The van der Waals surface area contributed by atoms with Crippen molar-refractivity contribution >= 4 is 11.6 Å². The van der Waals surface area contributed by atoms with Gasteiger partial charge in [0.2, 0.25) is 0 Å². The fourth-order valence-electron chi connectivity index (χ4n) is 1.44. The van der Waals surface area contributed by atoms with Crippen molar-refractivity contribution in [1.29, 1.82) is 0 Å². The maximum atomic E-state index is 13.5. The largest absolute Gasteiger partial charge is 0.235 e. The van der Waals surface area contributed by atoms with Crippen LogP contribution in [0.5, 0.6) is 0 Å². The van der Waals surface area contributed by atoms with Crippen LogP contribution < -0.4 is 0 Å². The van der Waals surface area contributed by atoms with Crippen molar-refractivity contribution in [3.8, 4) is 5.69 Å². The number of benzene rings is 1. The molecule has 1 aromatic heterocycles. The number of hydrogen-bond donors (Lipinski definition) is 0. The second-order valence-corrected chi connectivity index (χ2v) is 3.52. The minimum absolute atomic E-state index is 0.287. The molecule has 2 rings (SSSR count). The number of halogens is 2. The Balaban J connectivity index is 2.55. The molecular formula is C11H10ClFN2. The van der Waals surface area contributed by atoms with Gasteiger partial charge in [0.1, 0.15) is 11.5 Å². The number of para-hydroxylation sites is 1. The number of rotatable bonds is 2. The molecule has 15 heavy (non-hydrogen) atoms. The molecule has 0 saturated carbocycles. The zero-order chi connectivity index (χ0) is 10.8. The van der Waals surface area contributed by atoms with Crippen LogP contribution >= 0.6 is 11.6 Å². The van der Waals surface area contributed by atoms with E-state index >= 15 is 0 Å². The number of aromatic nitrogens is 2. The molecule has 0 aliphatic carbocycles. The Kier molecular flexibility index (Phi) is 2.73. The van der Waals surface area contributed by atoms with E-state index in [1.165, 1.54) is 6.07 Å². The molecule has 0 bridgehead atoms. The maximum absolute atomic E-state index is 13.5. The third-order valence-electron chi connectivity index (χ3n) is 2.34. The van der Waals surface area contributed by atoms with Gasteiger partial charge in [0.05, 0.1) is 12.1 Å². The molecule has 0 N–H and O–H groups in total. The number of hydrogen-bond acceptors (Lipinski definition) is 1. The van der Waals surface area contributed by atoms with Crippen molar-refractivity contribution < 1.29 is 4.39 Å². The zero-order valence-corrected chi connectivity index (χ0v) is 9.00. The van der Waals surface area contributed by atoms with Crippen LogP contribution in [0.4, 0.5) is 4.39 Å². The first kappa shape index (κ1) is 10.2. The van der Waals surface area contributed by atoms with Gasteiger partial charge in [-0.25, -0.2) is 9.07 Å². The van der Waals surface area contributed by atoms with Gasteiger partial charge in [0.25, 0.3) is 0 Å². The van der Waals surface area contributed by atoms with E-state index in [2.05, 4.69) is 5.10 Å². The second kappa shape index (κ2) is 4.03. The SMILES string of the molecule is Cc1c(CCl)cnn1-c1ccccc1F. The lowest BCUT2D eigenvalue weighted by Gasteiger charge is -2.05. The molecule has 0 radical (unpaired) electrons. The molecular weight excluding hydrogens is 215 g/mol. The minimum atomic E-state index is -0.287. The fourth-order valence-corrected chi connectivity index (χ4v) is 1.70. The normalized spacial score (nSPS) is 10.6. The molecule has 0 aliphatic rings. The van der Waals surface area contributed by atoms with E-state index in [0.717, 1.165) is 11.3 Å². The topological polar surface area (TPSA) is 17.8 Å². The predicted molar refractivity (Wildman–Crippen MR) is 57.8 cm³/mol. The van der Waals surface area contributed by atoms with Crippen LogP contribution in [0.3, 0.4) is 0 Å². The van der Waals surface area contributed by atoms with Crippen molar-refractivity contribution in [3.05, 3.63) is 47.5 Å². The van der Waals surface area contributed by atoms with Gasteiger partial charge < -0.3 is 0 Å². The summed E-state index contributed by atoms with van der Waals surface area (Å²) in [6.45, 7) is 1.87. The average molecular weight is 225 g/mol. The van der Waals surface area contributed by atoms with E-state index in [4.69, 9.17) is 11.6 Å². The Morgan fingerprint density at radius 1 is 1.40 bits per heavy atom. The van der Waals surface area contributed by atoms with Crippen molar-refractivity contribution in [2.24, 2.45) is 0 Å². The number of alkyl halides is 1. The summed E-state index contributed by atoms with van der Waals surface area (Å²) in [5.74, 6) is 0.102. The molecule has 0 aliphatic heterocycles. The first-order valence-corrected chi connectivity index (χ1v) is 5.12. The fraction of sp³-hybridized carbons (Fsp3) is 0.182. The Labute approximate surface area is 92.3 Å². The van der Waals surface area contributed by atoms with Crippen LogP contribution in [0.1, 0.15) is 11.3 Å². The van der Waals surface area contributed by atoms with Crippen molar-refractivity contribution in [2.45, 2.75) is 12.8 Å². The second-order valence-electron chi connectivity index (χ2n) is 3.25. The molecule has 4 heteroatoms. The third kappa shape index (κ3) is 1.75. The molecule has 0 saturated heterocycles. The van der Waals surface area contributed by atoms with Gasteiger partial charge >= 0.3 is 0 Å². The monoisotopic (exact) mass is 224 g/mol. The quantitative estimate of drug-likeness (QED) is 0.717. The Morgan fingerprint density at radius 3 is 2.73 bits per heavy atom. The molecule has 2 aromatic rings. The summed E-state index contributed by atoms with van der Waals surface area (Å²) < 4.78 is 15.0. The van der Waals surface area contributed by atoms with E-state index in [1.807, 2.05) is 6.92 Å². The van der Waals surface area contributed by atoms with Gasteiger partial charge in [0.15, 0.2) is 0 Å². The summed E-state index contributed by atoms with van der Waals surface area (Å²) in [5.41, 5.74) is 2.24. The van der Waals surface area contributed by atoms with Crippen molar-refractivity contribution in [2.75, 3.05) is 0 Å². The molecule has 1 aromatic carbocycles. The summed E-state index contributed by atoms with van der Waals surface area (Å²) >= 11 is 5.73. The summed E-state index contributed by atoms with van der Waals surface area (Å²) in [4.78, 5) is 0. The van der Waals surface area contributed by atoms with E-state index < -0.39 is 0 Å². The lowest BCUT2D eigenvalue weighted by Crippen LogP contribution is -2.01. The summed E-state index contributed by atoms with van der Waals surface area (Å²) in [5, 5.41) is 4.11. The van der Waals surface area contributed by atoms with Crippen molar-refractivity contribution in [1.82, 2.24) is 9.78 Å². The van der Waals surface area contributed by atoms with E-state index in [1.54, 1.807) is 29.1 Å². The molecule has 1 heterocycles. The van der Waals surface area contributed by atoms with Gasteiger partial charge in [-0.2, -0.15) is 5.10 Å². The van der Waals surface area contributed by atoms with Crippen LogP contribution in [0.15, 0.2) is 30.5 Å². The van der Waals surface area contributed by atoms with E-state index in [0.29, 0.717) is 11.6 Å². The van der Waals surface area contributed by atoms with Gasteiger partial charge in [-0.15, -0.1) is 11.6 Å². The summed E-state index contributed by atoms with van der Waals surface area (Å²) in [6, 6.07) is 6.53. The smallest absolute Gasteiger partial charge is 0.148 e. The summed E-state index contributed by atoms with van der Waals surface area (Å²) in [6.07, 6.45) is 1.66. The molecule has 0 amide bonds. The highest BCUT2D eigenvalue weighted by Gasteiger charge is 2.09. The molecule has 2 nitrogen and oxygen atoms in total. The van der Waals surface area contributed by atoms with Gasteiger partial charge in [-0.1, -0.05) is 12.1 Å². The minimum Gasteiger partial charge on any atom is -0.235 e. The predicted octanol–water partition coefficient (Wildman–Crippen LogP) is 3.06. The summed E-state index contributed by atoms with van der Waals surface area (Å²) in [7, 11) is 0. The molecule has 0 unspecified atom stereocenters. The standard InChI is InChI=1S/C11H10ClFN2/c1-8-9(6-12)7-14-15(8)11-5-3-2-4-10(11)13/h2-5,7H,6H2,1H3. The zero-order valence-electron chi connectivity index (χ0n) is 8.24.